The Balaban J connectivity index is 2.52. The van der Waals surface area contributed by atoms with Gasteiger partial charge in [-0.15, -0.1) is 0 Å². The first kappa shape index (κ1) is 16.6. The zero-order valence-corrected chi connectivity index (χ0v) is 12.4. The lowest BCUT2D eigenvalue weighted by Gasteiger charge is -2.18. The highest BCUT2D eigenvalue weighted by molar-refractivity contribution is 5.91. The van der Waals surface area contributed by atoms with E-state index in [-0.39, 0.29) is 12.5 Å². The number of hydrogen-bond acceptors (Lipinski definition) is 4. The van der Waals surface area contributed by atoms with Gasteiger partial charge in [-0.05, 0) is 30.8 Å². The number of anilines is 1. The molecule has 5 heteroatoms. The van der Waals surface area contributed by atoms with E-state index in [1.165, 1.54) is 5.56 Å². The third kappa shape index (κ3) is 6.14. The highest BCUT2D eigenvalue weighted by Crippen LogP contribution is 2.12. The van der Waals surface area contributed by atoms with Gasteiger partial charge in [-0.3, -0.25) is 9.69 Å². The van der Waals surface area contributed by atoms with Crippen LogP contribution in [0.25, 0.3) is 0 Å². The number of amides is 1. The summed E-state index contributed by atoms with van der Waals surface area (Å²) < 4.78 is 5.10. The van der Waals surface area contributed by atoms with Crippen molar-refractivity contribution in [2.45, 2.75) is 20.4 Å². The van der Waals surface area contributed by atoms with Crippen LogP contribution in [0.2, 0.25) is 0 Å². The second kappa shape index (κ2) is 9.47. The maximum Gasteiger partial charge on any atom is 0.250 e. The molecule has 5 nitrogen and oxygen atoms in total. The molecule has 0 aliphatic heterocycles. The lowest BCUT2D eigenvalue weighted by Crippen LogP contribution is -2.22. The fraction of sp³-hybridized carbons (Fsp3) is 0.533. The number of rotatable bonds is 9. The number of hydrogen-bond donors (Lipinski definition) is 2. The van der Waals surface area contributed by atoms with Gasteiger partial charge in [0, 0.05) is 18.8 Å². The Kier molecular flexibility index (Phi) is 7.87. The van der Waals surface area contributed by atoms with E-state index in [4.69, 9.17) is 10.5 Å². The summed E-state index contributed by atoms with van der Waals surface area (Å²) in [6, 6.07) is 7.90. The largest absolute Gasteiger partial charge is 0.370 e. The summed E-state index contributed by atoms with van der Waals surface area (Å²) in [6.45, 7) is 8.06. The quantitative estimate of drug-likeness (QED) is 0.671. The molecule has 1 aromatic carbocycles. The topological polar surface area (TPSA) is 67.6 Å². The van der Waals surface area contributed by atoms with Crippen molar-refractivity contribution < 1.29 is 9.53 Å². The third-order valence-corrected chi connectivity index (χ3v) is 3.01. The molecule has 0 heterocycles. The van der Waals surface area contributed by atoms with Crippen LogP contribution >= 0.6 is 0 Å². The van der Waals surface area contributed by atoms with Crippen molar-refractivity contribution >= 4 is 11.6 Å². The summed E-state index contributed by atoms with van der Waals surface area (Å²) in [4.78, 5) is 14.0. The van der Waals surface area contributed by atoms with Gasteiger partial charge in [-0.1, -0.05) is 26.0 Å². The second-order valence-corrected chi connectivity index (χ2v) is 4.55. The van der Waals surface area contributed by atoms with E-state index in [1.54, 1.807) is 0 Å². The van der Waals surface area contributed by atoms with E-state index in [9.17, 15) is 4.79 Å². The van der Waals surface area contributed by atoms with E-state index >= 15 is 0 Å². The van der Waals surface area contributed by atoms with Crippen LogP contribution in [0.1, 0.15) is 19.4 Å². The number of nitrogens with zero attached hydrogens (tertiary/aromatic N) is 1. The molecule has 1 aromatic rings. The first-order chi connectivity index (χ1) is 9.69. The molecule has 0 fully saturated rings. The molecule has 0 bridgehead atoms. The van der Waals surface area contributed by atoms with Crippen molar-refractivity contribution in [3.63, 3.8) is 0 Å². The predicted octanol–water partition coefficient (Wildman–Crippen LogP) is 1.44. The molecule has 1 amide bonds. The maximum absolute atomic E-state index is 11.6. The van der Waals surface area contributed by atoms with Crippen LogP contribution in [0.5, 0.6) is 0 Å². The van der Waals surface area contributed by atoms with Crippen LogP contribution in [0.15, 0.2) is 24.3 Å². The minimum atomic E-state index is -0.154. The summed E-state index contributed by atoms with van der Waals surface area (Å²) in [5.74, 6) is -0.154. The van der Waals surface area contributed by atoms with Gasteiger partial charge in [0.1, 0.15) is 6.61 Å². The Labute approximate surface area is 121 Å². The molecule has 0 aromatic heterocycles. The van der Waals surface area contributed by atoms with Gasteiger partial charge in [-0.2, -0.15) is 0 Å². The first-order valence-corrected chi connectivity index (χ1v) is 7.08. The fourth-order valence-electron chi connectivity index (χ4n) is 1.90. The van der Waals surface area contributed by atoms with Crippen molar-refractivity contribution in [1.29, 1.82) is 0 Å². The molecule has 0 aliphatic carbocycles. The Morgan fingerprint density at radius 3 is 2.75 bits per heavy atom. The average Bonchev–Trinajstić information content (AvgIpc) is 2.45. The molecule has 0 atom stereocenters. The molecular formula is C15H25N3O2. The van der Waals surface area contributed by atoms with Crippen LogP contribution in [0.4, 0.5) is 5.69 Å². The fourth-order valence-corrected chi connectivity index (χ4v) is 1.90. The Bertz CT molecular complexity index is 406. The van der Waals surface area contributed by atoms with Crippen LogP contribution < -0.4 is 11.1 Å². The molecule has 3 N–H and O–H groups in total. The van der Waals surface area contributed by atoms with Gasteiger partial charge < -0.3 is 15.8 Å². The third-order valence-electron chi connectivity index (χ3n) is 3.01. The lowest BCUT2D eigenvalue weighted by molar-refractivity contribution is -0.120. The highest BCUT2D eigenvalue weighted by Gasteiger charge is 2.05. The van der Waals surface area contributed by atoms with E-state index in [1.807, 2.05) is 18.2 Å². The summed E-state index contributed by atoms with van der Waals surface area (Å²) in [5.41, 5.74) is 7.29. The molecule has 0 saturated heterocycles. The van der Waals surface area contributed by atoms with Gasteiger partial charge >= 0.3 is 0 Å². The van der Waals surface area contributed by atoms with E-state index < -0.39 is 0 Å². The minimum Gasteiger partial charge on any atom is -0.370 e. The monoisotopic (exact) mass is 279 g/mol. The standard InChI is InChI=1S/C15H25N3O2/c1-3-18(4-2)11-13-6-5-7-14(10-13)17-15(19)12-20-9-8-16/h5-7,10H,3-4,8-9,11-12,16H2,1-2H3,(H,17,19). The Morgan fingerprint density at radius 1 is 1.35 bits per heavy atom. The number of carbonyl (C=O) groups is 1. The van der Waals surface area contributed by atoms with E-state index in [0.717, 1.165) is 25.3 Å². The molecule has 0 saturated carbocycles. The Morgan fingerprint density at radius 2 is 2.10 bits per heavy atom. The van der Waals surface area contributed by atoms with Crippen LogP contribution in [-0.4, -0.2) is 43.7 Å². The zero-order valence-electron chi connectivity index (χ0n) is 12.4. The van der Waals surface area contributed by atoms with Crippen molar-refractivity contribution in [2.24, 2.45) is 5.73 Å². The van der Waals surface area contributed by atoms with E-state index in [2.05, 4.69) is 30.1 Å². The molecule has 1 rings (SSSR count). The maximum atomic E-state index is 11.6. The minimum absolute atomic E-state index is 0.0392. The van der Waals surface area contributed by atoms with Crippen LogP contribution in [0.3, 0.4) is 0 Å². The second-order valence-electron chi connectivity index (χ2n) is 4.55. The molecule has 0 radical (unpaired) electrons. The summed E-state index contributed by atoms with van der Waals surface area (Å²) in [7, 11) is 0. The number of nitrogens with one attached hydrogen (secondary N) is 1. The molecule has 112 valence electrons. The molecular weight excluding hydrogens is 254 g/mol. The predicted molar refractivity (Wildman–Crippen MR) is 81.6 cm³/mol. The van der Waals surface area contributed by atoms with Gasteiger partial charge in [0.25, 0.3) is 0 Å². The Hall–Kier alpha value is -1.43. The number of carbonyl (C=O) groups excluding carboxylic acids is 1. The zero-order chi connectivity index (χ0) is 14.8. The van der Waals surface area contributed by atoms with Crippen molar-refractivity contribution in [1.82, 2.24) is 4.90 Å². The SMILES string of the molecule is CCN(CC)Cc1cccc(NC(=O)COCCN)c1. The lowest BCUT2D eigenvalue weighted by atomic mass is 10.2. The van der Waals surface area contributed by atoms with Crippen molar-refractivity contribution in [3.05, 3.63) is 29.8 Å². The van der Waals surface area contributed by atoms with Crippen molar-refractivity contribution in [2.75, 3.05) is 38.2 Å². The number of nitrogens with two attached hydrogens (primary N) is 1. The molecule has 0 unspecified atom stereocenters. The molecule has 20 heavy (non-hydrogen) atoms. The smallest absolute Gasteiger partial charge is 0.250 e. The summed E-state index contributed by atoms with van der Waals surface area (Å²) >= 11 is 0. The summed E-state index contributed by atoms with van der Waals surface area (Å²) in [5, 5.41) is 2.83. The van der Waals surface area contributed by atoms with E-state index in [0.29, 0.717) is 13.2 Å². The first-order valence-electron chi connectivity index (χ1n) is 7.08. The average molecular weight is 279 g/mol. The number of ether oxygens (including phenoxy) is 1. The normalized spacial score (nSPS) is 10.8. The molecule has 0 aliphatic rings. The summed E-state index contributed by atoms with van der Waals surface area (Å²) in [6.07, 6.45) is 0. The molecule has 0 spiro atoms. The van der Waals surface area contributed by atoms with Gasteiger partial charge in [0.2, 0.25) is 5.91 Å². The van der Waals surface area contributed by atoms with Gasteiger partial charge in [0.05, 0.1) is 6.61 Å². The van der Waals surface area contributed by atoms with Gasteiger partial charge in [0.15, 0.2) is 0 Å². The van der Waals surface area contributed by atoms with Crippen LogP contribution in [0, 0.1) is 0 Å². The number of benzene rings is 1. The van der Waals surface area contributed by atoms with Crippen molar-refractivity contribution in [3.8, 4) is 0 Å². The van der Waals surface area contributed by atoms with Crippen LogP contribution in [-0.2, 0) is 16.1 Å². The van der Waals surface area contributed by atoms with Gasteiger partial charge in [-0.25, -0.2) is 0 Å². The highest BCUT2D eigenvalue weighted by atomic mass is 16.5.